The number of nitrogens with two attached hydrogens (primary N) is 1. The zero-order valence-electron chi connectivity index (χ0n) is 12.2. The third-order valence-corrected chi connectivity index (χ3v) is 3.54. The van der Waals surface area contributed by atoms with Gasteiger partial charge in [0.1, 0.15) is 0 Å². The number of halogens is 1. The van der Waals surface area contributed by atoms with E-state index in [1.807, 2.05) is 44.2 Å². The van der Waals surface area contributed by atoms with Crippen LogP contribution in [0.15, 0.2) is 42.5 Å². The molecule has 2 rings (SSSR count). The smallest absolute Gasteiger partial charge is 0.253 e. The van der Waals surface area contributed by atoms with Gasteiger partial charge in [0.25, 0.3) is 5.91 Å². The van der Waals surface area contributed by atoms with Crippen LogP contribution in [-0.2, 0) is 6.42 Å². The molecule has 2 aromatic rings. The SMILES string of the molecule is Cc1ccc(N)c(C(=O)NC(C)Cc2ccc(Cl)cc2)c1. The number of anilines is 1. The van der Waals surface area contributed by atoms with Gasteiger partial charge in [-0.05, 0) is 50.1 Å². The number of benzene rings is 2. The molecule has 0 aliphatic carbocycles. The summed E-state index contributed by atoms with van der Waals surface area (Å²) in [4.78, 5) is 12.3. The highest BCUT2D eigenvalue weighted by molar-refractivity contribution is 6.30. The molecule has 2 aromatic carbocycles. The van der Waals surface area contributed by atoms with E-state index < -0.39 is 0 Å². The Labute approximate surface area is 130 Å². The van der Waals surface area contributed by atoms with E-state index >= 15 is 0 Å². The molecule has 0 heterocycles. The molecule has 0 fully saturated rings. The van der Waals surface area contributed by atoms with E-state index in [-0.39, 0.29) is 11.9 Å². The maximum Gasteiger partial charge on any atom is 0.253 e. The highest BCUT2D eigenvalue weighted by atomic mass is 35.5. The standard InChI is InChI=1S/C17H19ClN2O/c1-11-3-8-16(19)15(9-11)17(21)20-12(2)10-13-4-6-14(18)7-5-13/h3-9,12H,10,19H2,1-2H3,(H,20,21). The molecule has 0 aromatic heterocycles. The Morgan fingerprint density at radius 1 is 1.24 bits per heavy atom. The Hall–Kier alpha value is -2.00. The predicted molar refractivity (Wildman–Crippen MR) is 87.7 cm³/mol. The number of aryl methyl sites for hydroxylation is 1. The van der Waals surface area contributed by atoms with E-state index in [0.717, 1.165) is 17.5 Å². The van der Waals surface area contributed by atoms with Crippen LogP contribution in [0.2, 0.25) is 5.02 Å². The van der Waals surface area contributed by atoms with Gasteiger partial charge < -0.3 is 11.1 Å². The lowest BCUT2D eigenvalue weighted by Gasteiger charge is -2.15. The molecule has 0 radical (unpaired) electrons. The van der Waals surface area contributed by atoms with E-state index in [1.54, 1.807) is 12.1 Å². The van der Waals surface area contributed by atoms with Gasteiger partial charge in [0, 0.05) is 16.8 Å². The molecule has 0 aliphatic rings. The first-order chi connectivity index (χ1) is 9.95. The predicted octanol–water partition coefficient (Wildman–Crippen LogP) is 3.59. The van der Waals surface area contributed by atoms with Crippen molar-refractivity contribution in [2.75, 3.05) is 5.73 Å². The van der Waals surface area contributed by atoms with Gasteiger partial charge in [-0.3, -0.25) is 4.79 Å². The lowest BCUT2D eigenvalue weighted by atomic mass is 10.1. The Morgan fingerprint density at radius 3 is 2.57 bits per heavy atom. The van der Waals surface area contributed by atoms with Crippen LogP contribution in [0.3, 0.4) is 0 Å². The fraction of sp³-hybridized carbons (Fsp3) is 0.235. The van der Waals surface area contributed by atoms with E-state index in [4.69, 9.17) is 17.3 Å². The first-order valence-electron chi connectivity index (χ1n) is 6.87. The largest absolute Gasteiger partial charge is 0.398 e. The fourth-order valence-electron chi connectivity index (χ4n) is 2.19. The quantitative estimate of drug-likeness (QED) is 0.848. The molecule has 3 N–H and O–H groups in total. The topological polar surface area (TPSA) is 55.1 Å². The minimum atomic E-state index is -0.141. The number of hydrogen-bond donors (Lipinski definition) is 2. The zero-order chi connectivity index (χ0) is 15.4. The Morgan fingerprint density at radius 2 is 1.90 bits per heavy atom. The van der Waals surface area contributed by atoms with Crippen LogP contribution in [0, 0.1) is 6.92 Å². The zero-order valence-corrected chi connectivity index (χ0v) is 12.9. The maximum atomic E-state index is 12.3. The normalized spacial score (nSPS) is 12.0. The highest BCUT2D eigenvalue weighted by Gasteiger charge is 2.13. The second kappa shape index (κ2) is 6.64. The second-order valence-corrected chi connectivity index (χ2v) is 5.73. The van der Waals surface area contributed by atoms with Crippen molar-refractivity contribution in [3.05, 3.63) is 64.2 Å². The Bertz CT molecular complexity index is 638. The van der Waals surface area contributed by atoms with Crippen molar-refractivity contribution in [2.45, 2.75) is 26.3 Å². The summed E-state index contributed by atoms with van der Waals surface area (Å²) in [6.07, 6.45) is 0.745. The van der Waals surface area contributed by atoms with E-state index in [9.17, 15) is 4.79 Å². The number of carbonyl (C=O) groups is 1. The monoisotopic (exact) mass is 302 g/mol. The summed E-state index contributed by atoms with van der Waals surface area (Å²) in [6, 6.07) is 13.1. The van der Waals surface area contributed by atoms with Crippen molar-refractivity contribution < 1.29 is 4.79 Å². The van der Waals surface area contributed by atoms with E-state index in [2.05, 4.69) is 5.32 Å². The van der Waals surface area contributed by atoms with Gasteiger partial charge in [-0.2, -0.15) is 0 Å². The van der Waals surface area contributed by atoms with Gasteiger partial charge in [-0.15, -0.1) is 0 Å². The van der Waals surface area contributed by atoms with Crippen LogP contribution in [0.1, 0.15) is 28.4 Å². The fourth-order valence-corrected chi connectivity index (χ4v) is 2.32. The molecule has 0 aliphatic heterocycles. The van der Waals surface area contributed by atoms with E-state index in [0.29, 0.717) is 16.3 Å². The molecule has 0 spiro atoms. The van der Waals surface area contributed by atoms with Crippen molar-refractivity contribution in [3.63, 3.8) is 0 Å². The molecule has 21 heavy (non-hydrogen) atoms. The third-order valence-electron chi connectivity index (χ3n) is 3.29. The molecule has 0 saturated heterocycles. The lowest BCUT2D eigenvalue weighted by molar-refractivity contribution is 0.0941. The van der Waals surface area contributed by atoms with Gasteiger partial charge >= 0.3 is 0 Å². The summed E-state index contributed by atoms with van der Waals surface area (Å²) in [5, 5.41) is 3.69. The maximum absolute atomic E-state index is 12.3. The third kappa shape index (κ3) is 4.23. The Kier molecular flexibility index (Phi) is 4.86. The highest BCUT2D eigenvalue weighted by Crippen LogP contribution is 2.15. The van der Waals surface area contributed by atoms with Gasteiger partial charge in [0.15, 0.2) is 0 Å². The van der Waals surface area contributed by atoms with Gasteiger partial charge in [-0.1, -0.05) is 35.4 Å². The summed E-state index contributed by atoms with van der Waals surface area (Å²) >= 11 is 5.86. The summed E-state index contributed by atoms with van der Waals surface area (Å²) < 4.78 is 0. The molecule has 1 atom stereocenters. The summed E-state index contributed by atoms with van der Waals surface area (Å²) in [6.45, 7) is 3.91. The number of nitrogens with one attached hydrogen (secondary N) is 1. The number of carbonyl (C=O) groups excluding carboxylic acids is 1. The molecule has 0 bridgehead atoms. The molecule has 1 unspecified atom stereocenters. The minimum Gasteiger partial charge on any atom is -0.398 e. The molecule has 110 valence electrons. The van der Waals surface area contributed by atoms with Gasteiger partial charge in [-0.25, -0.2) is 0 Å². The van der Waals surface area contributed by atoms with E-state index in [1.165, 1.54) is 0 Å². The van der Waals surface area contributed by atoms with Crippen LogP contribution in [0.25, 0.3) is 0 Å². The number of rotatable bonds is 4. The van der Waals surface area contributed by atoms with Crippen molar-refractivity contribution in [3.8, 4) is 0 Å². The summed E-state index contributed by atoms with van der Waals surface area (Å²) in [5.41, 5.74) is 9.03. The van der Waals surface area contributed by atoms with Crippen molar-refractivity contribution in [1.29, 1.82) is 0 Å². The first-order valence-corrected chi connectivity index (χ1v) is 7.25. The van der Waals surface area contributed by atoms with Crippen LogP contribution in [-0.4, -0.2) is 11.9 Å². The molecule has 0 saturated carbocycles. The number of amides is 1. The van der Waals surface area contributed by atoms with Crippen LogP contribution >= 0.6 is 11.6 Å². The van der Waals surface area contributed by atoms with Crippen LogP contribution in [0.5, 0.6) is 0 Å². The molecule has 1 amide bonds. The van der Waals surface area contributed by atoms with Gasteiger partial charge in [0.05, 0.1) is 5.56 Å². The molecular weight excluding hydrogens is 284 g/mol. The van der Waals surface area contributed by atoms with Gasteiger partial charge in [0.2, 0.25) is 0 Å². The Balaban J connectivity index is 2.01. The summed E-state index contributed by atoms with van der Waals surface area (Å²) in [7, 11) is 0. The molecule has 4 heteroatoms. The first kappa shape index (κ1) is 15.4. The minimum absolute atomic E-state index is 0.0126. The summed E-state index contributed by atoms with van der Waals surface area (Å²) in [5.74, 6) is -0.141. The average Bonchev–Trinajstić information content (AvgIpc) is 2.44. The number of nitrogen functional groups attached to an aromatic ring is 1. The van der Waals surface area contributed by atoms with Crippen LogP contribution < -0.4 is 11.1 Å². The van der Waals surface area contributed by atoms with Crippen molar-refractivity contribution in [1.82, 2.24) is 5.32 Å². The average molecular weight is 303 g/mol. The lowest BCUT2D eigenvalue weighted by Crippen LogP contribution is -2.34. The van der Waals surface area contributed by atoms with Crippen molar-refractivity contribution in [2.24, 2.45) is 0 Å². The molecular formula is C17H19ClN2O. The second-order valence-electron chi connectivity index (χ2n) is 5.30. The van der Waals surface area contributed by atoms with Crippen molar-refractivity contribution >= 4 is 23.2 Å². The number of hydrogen-bond acceptors (Lipinski definition) is 2. The van der Waals surface area contributed by atoms with Crippen LogP contribution in [0.4, 0.5) is 5.69 Å². The molecule has 3 nitrogen and oxygen atoms in total.